The fourth-order valence-corrected chi connectivity index (χ4v) is 4.46. The third kappa shape index (κ3) is 5.44. The lowest BCUT2D eigenvalue weighted by molar-refractivity contribution is -0.130. The van der Waals surface area contributed by atoms with Crippen LogP contribution in [-0.4, -0.2) is 35.0 Å². The van der Waals surface area contributed by atoms with E-state index in [0.29, 0.717) is 5.52 Å². The number of rotatable bonds is 7. The molecule has 1 heterocycles. The van der Waals surface area contributed by atoms with Gasteiger partial charge in [0.15, 0.2) is 0 Å². The van der Waals surface area contributed by atoms with E-state index in [-0.39, 0.29) is 34.6 Å². The number of carbonyl (C=O) groups excluding carboxylic acids is 2. The van der Waals surface area contributed by atoms with Crippen molar-refractivity contribution >= 4 is 44.6 Å². The topological polar surface area (TPSA) is 130 Å². The molecule has 0 bridgehead atoms. The van der Waals surface area contributed by atoms with E-state index in [1.807, 2.05) is 13.8 Å². The molecule has 9 nitrogen and oxygen atoms in total. The number of aromatic nitrogens is 2. The molecule has 0 spiro atoms. The lowest BCUT2D eigenvalue weighted by Crippen LogP contribution is -2.54. The minimum absolute atomic E-state index is 0.0453. The van der Waals surface area contributed by atoms with Crippen LogP contribution in [0, 0.1) is 11.8 Å². The highest BCUT2D eigenvalue weighted by molar-refractivity contribution is 7.89. The Hall–Kier alpha value is -2.11. The Morgan fingerprint density at radius 1 is 1.11 bits per heavy atom. The number of hydrazine groups is 1. The molecule has 1 unspecified atom stereocenters. The summed E-state index contributed by atoms with van der Waals surface area (Å²) in [6, 6.07) is 3.56. The van der Waals surface area contributed by atoms with Gasteiger partial charge in [-0.15, -0.1) is 0 Å². The molecule has 0 saturated heterocycles. The first kappa shape index (κ1) is 21.2. The monoisotopic (exact) mass is 413 g/mol. The van der Waals surface area contributed by atoms with Crippen molar-refractivity contribution in [3.63, 3.8) is 0 Å². The van der Waals surface area contributed by atoms with E-state index in [1.165, 1.54) is 6.07 Å². The summed E-state index contributed by atoms with van der Waals surface area (Å²) in [6.07, 6.45) is 0.247. The van der Waals surface area contributed by atoms with Gasteiger partial charge in [0.1, 0.15) is 22.0 Å². The molecule has 0 aliphatic heterocycles. The van der Waals surface area contributed by atoms with E-state index in [4.69, 9.17) is 0 Å². The summed E-state index contributed by atoms with van der Waals surface area (Å²) in [5, 5.41) is 0. The van der Waals surface area contributed by atoms with Crippen molar-refractivity contribution in [1.29, 1.82) is 0 Å². The summed E-state index contributed by atoms with van der Waals surface area (Å²) in [5.74, 6) is -1.21. The van der Waals surface area contributed by atoms with Crippen LogP contribution in [0.4, 0.5) is 0 Å². The predicted molar refractivity (Wildman–Crippen MR) is 102 cm³/mol. The second kappa shape index (κ2) is 8.72. The molecule has 1 aromatic heterocycles. The summed E-state index contributed by atoms with van der Waals surface area (Å²) in [6.45, 7) is 7.15. The van der Waals surface area contributed by atoms with Crippen molar-refractivity contribution in [2.24, 2.45) is 11.8 Å². The smallest absolute Gasteiger partial charge is 0.256 e. The average molecular weight is 414 g/mol. The van der Waals surface area contributed by atoms with Crippen molar-refractivity contribution in [1.82, 2.24) is 24.3 Å². The van der Waals surface area contributed by atoms with Gasteiger partial charge >= 0.3 is 0 Å². The molecule has 2 amide bonds. The molecule has 1 aromatic carbocycles. The molecular formula is C16H23N5O4S2. The molecule has 3 N–H and O–H groups in total. The maximum absolute atomic E-state index is 12.8. The Bertz CT molecular complexity index is 924. The molecule has 0 aliphatic rings. The van der Waals surface area contributed by atoms with Crippen LogP contribution >= 0.6 is 11.7 Å². The van der Waals surface area contributed by atoms with E-state index >= 15 is 0 Å². The molecule has 27 heavy (non-hydrogen) atoms. The van der Waals surface area contributed by atoms with Crippen LogP contribution < -0.4 is 15.6 Å². The Morgan fingerprint density at radius 3 is 2.44 bits per heavy atom. The molecule has 0 fully saturated rings. The summed E-state index contributed by atoms with van der Waals surface area (Å²) in [7, 11) is -4.02. The number of amides is 2. The minimum Gasteiger partial charge on any atom is -0.273 e. The largest absolute Gasteiger partial charge is 0.273 e. The number of carbonyl (C=O) groups is 2. The van der Waals surface area contributed by atoms with Crippen LogP contribution in [0.3, 0.4) is 0 Å². The van der Waals surface area contributed by atoms with Crippen LogP contribution in [0.15, 0.2) is 23.1 Å². The fraction of sp³-hybridized carbons (Fsp3) is 0.500. The van der Waals surface area contributed by atoms with Crippen LogP contribution in [-0.2, 0) is 19.6 Å². The highest BCUT2D eigenvalue weighted by Crippen LogP contribution is 2.21. The SMILES string of the molecule is CC(C)CC(=O)NNC(=O)C(NS(=O)(=O)c1cccc2nsnc12)C(C)C. The van der Waals surface area contributed by atoms with Gasteiger partial charge in [-0.05, 0) is 24.0 Å². The summed E-state index contributed by atoms with van der Waals surface area (Å²) in [5.41, 5.74) is 5.31. The number of fused-ring (bicyclic) bond motifs is 1. The third-order valence-electron chi connectivity index (χ3n) is 3.69. The van der Waals surface area contributed by atoms with E-state index in [9.17, 15) is 18.0 Å². The van der Waals surface area contributed by atoms with Crippen molar-refractivity contribution in [2.45, 2.75) is 45.1 Å². The molecule has 11 heteroatoms. The van der Waals surface area contributed by atoms with E-state index < -0.39 is 22.0 Å². The van der Waals surface area contributed by atoms with Crippen LogP contribution in [0.2, 0.25) is 0 Å². The predicted octanol–water partition coefficient (Wildman–Crippen LogP) is 1.19. The van der Waals surface area contributed by atoms with Crippen molar-refractivity contribution in [3.8, 4) is 0 Å². The van der Waals surface area contributed by atoms with Gasteiger partial charge in [0.2, 0.25) is 15.9 Å². The molecule has 2 rings (SSSR count). The average Bonchev–Trinajstić information content (AvgIpc) is 3.05. The lowest BCUT2D eigenvalue weighted by Gasteiger charge is -2.22. The van der Waals surface area contributed by atoms with Gasteiger partial charge in [-0.1, -0.05) is 33.8 Å². The molecule has 0 aliphatic carbocycles. The zero-order valence-corrected chi connectivity index (χ0v) is 17.1. The van der Waals surface area contributed by atoms with E-state index in [1.54, 1.807) is 26.0 Å². The first-order valence-electron chi connectivity index (χ1n) is 8.44. The summed E-state index contributed by atoms with van der Waals surface area (Å²) in [4.78, 5) is 24.1. The summed E-state index contributed by atoms with van der Waals surface area (Å²) < 4.78 is 36.1. The van der Waals surface area contributed by atoms with Gasteiger partial charge in [-0.2, -0.15) is 13.5 Å². The number of hydrogen-bond donors (Lipinski definition) is 3. The second-order valence-corrected chi connectivity index (χ2v) is 9.08. The quantitative estimate of drug-likeness (QED) is 0.585. The highest BCUT2D eigenvalue weighted by atomic mass is 32.2. The van der Waals surface area contributed by atoms with Crippen molar-refractivity contribution in [2.75, 3.05) is 0 Å². The number of sulfonamides is 1. The zero-order chi connectivity index (χ0) is 20.2. The van der Waals surface area contributed by atoms with Gasteiger partial charge in [0.05, 0.1) is 11.7 Å². The van der Waals surface area contributed by atoms with Gasteiger partial charge in [-0.3, -0.25) is 20.4 Å². The van der Waals surface area contributed by atoms with Crippen LogP contribution in [0.25, 0.3) is 11.0 Å². The molecule has 1 atom stereocenters. The van der Waals surface area contributed by atoms with Gasteiger partial charge < -0.3 is 0 Å². The third-order valence-corrected chi connectivity index (χ3v) is 5.70. The molecule has 148 valence electrons. The minimum atomic E-state index is -4.02. The molecule has 0 radical (unpaired) electrons. The van der Waals surface area contributed by atoms with Gasteiger partial charge in [0, 0.05) is 6.42 Å². The highest BCUT2D eigenvalue weighted by Gasteiger charge is 2.30. The Balaban J connectivity index is 2.16. The molecule has 0 saturated carbocycles. The van der Waals surface area contributed by atoms with Crippen LogP contribution in [0.5, 0.6) is 0 Å². The van der Waals surface area contributed by atoms with Gasteiger partial charge in [-0.25, -0.2) is 8.42 Å². The summed E-state index contributed by atoms with van der Waals surface area (Å²) >= 11 is 0.912. The number of nitrogens with zero attached hydrogens (tertiary/aromatic N) is 2. The maximum Gasteiger partial charge on any atom is 0.256 e. The molecule has 2 aromatic rings. The van der Waals surface area contributed by atoms with Crippen LogP contribution in [0.1, 0.15) is 34.1 Å². The molecular weight excluding hydrogens is 390 g/mol. The normalized spacial score (nSPS) is 13.1. The fourth-order valence-electron chi connectivity index (χ4n) is 2.35. The Kier molecular flexibility index (Phi) is 6.84. The number of benzene rings is 1. The van der Waals surface area contributed by atoms with E-state index in [0.717, 1.165) is 11.7 Å². The maximum atomic E-state index is 12.8. The van der Waals surface area contributed by atoms with E-state index in [2.05, 4.69) is 24.3 Å². The Labute approximate surface area is 162 Å². The first-order chi connectivity index (χ1) is 12.6. The Morgan fingerprint density at radius 2 is 1.81 bits per heavy atom. The zero-order valence-electron chi connectivity index (χ0n) is 15.5. The number of nitrogens with one attached hydrogen (secondary N) is 3. The van der Waals surface area contributed by atoms with Crippen molar-refractivity contribution in [3.05, 3.63) is 18.2 Å². The number of hydrogen-bond acceptors (Lipinski definition) is 7. The first-order valence-corrected chi connectivity index (χ1v) is 10.7. The second-order valence-electron chi connectivity index (χ2n) is 6.87. The van der Waals surface area contributed by atoms with Gasteiger partial charge in [0.25, 0.3) is 5.91 Å². The van der Waals surface area contributed by atoms with Crippen molar-refractivity contribution < 1.29 is 18.0 Å². The lowest BCUT2D eigenvalue weighted by atomic mass is 10.1. The standard InChI is InChI=1S/C16H23N5O4S2/c1-9(2)8-13(22)17-18-16(23)14(10(3)4)21-27(24,25)12-7-5-6-11-15(12)20-26-19-11/h5-7,9-10,14,21H,8H2,1-4H3,(H,17,22)(H,18,23).